The van der Waals surface area contributed by atoms with Crippen LogP contribution in [-0.4, -0.2) is 16.5 Å². The Morgan fingerprint density at radius 1 is 1.64 bits per heavy atom. The van der Waals surface area contributed by atoms with Crippen molar-refractivity contribution in [3.05, 3.63) is 11.8 Å². The van der Waals surface area contributed by atoms with E-state index in [1.165, 1.54) is 6.42 Å². The molecule has 0 aliphatic heterocycles. The molecule has 1 heterocycles. The molecule has 2 unspecified atom stereocenters. The second-order valence-corrected chi connectivity index (χ2v) is 4.11. The lowest BCUT2D eigenvalue weighted by Crippen LogP contribution is -2.09. The maximum atomic E-state index is 5.51. The summed E-state index contributed by atoms with van der Waals surface area (Å²) in [5.74, 6) is 2.88. The van der Waals surface area contributed by atoms with Gasteiger partial charge < -0.3 is 11.1 Å². The molecule has 1 aromatic rings. The third-order valence-corrected chi connectivity index (χ3v) is 2.80. The molecule has 1 fully saturated rings. The van der Waals surface area contributed by atoms with Gasteiger partial charge in [0.05, 0.1) is 0 Å². The van der Waals surface area contributed by atoms with Crippen molar-refractivity contribution in [3.8, 4) is 0 Å². The molecule has 2 atom stereocenters. The molecule has 1 saturated carbocycles. The van der Waals surface area contributed by atoms with Crippen molar-refractivity contribution in [1.29, 1.82) is 0 Å². The van der Waals surface area contributed by atoms with Crippen LogP contribution in [0.5, 0.6) is 0 Å². The van der Waals surface area contributed by atoms with Gasteiger partial charge in [0.15, 0.2) is 0 Å². The molecule has 14 heavy (non-hydrogen) atoms. The summed E-state index contributed by atoms with van der Waals surface area (Å²) in [6.45, 7) is 5.25. The lowest BCUT2D eigenvalue weighted by molar-refractivity contribution is 0.783. The Balaban J connectivity index is 1.97. The molecular formula is C10H16N4. The minimum Gasteiger partial charge on any atom is -0.369 e. The smallest absolute Gasteiger partial charge is 0.221 e. The zero-order chi connectivity index (χ0) is 10.1. The van der Waals surface area contributed by atoms with Gasteiger partial charge in [-0.3, -0.25) is 0 Å². The zero-order valence-corrected chi connectivity index (χ0v) is 8.62. The number of nitrogen functional groups attached to an aromatic ring is 1. The topological polar surface area (TPSA) is 63.8 Å². The van der Waals surface area contributed by atoms with Gasteiger partial charge in [-0.2, -0.15) is 4.98 Å². The second-order valence-electron chi connectivity index (χ2n) is 4.11. The van der Waals surface area contributed by atoms with Gasteiger partial charge in [0, 0.05) is 18.3 Å². The van der Waals surface area contributed by atoms with E-state index < -0.39 is 0 Å². The van der Waals surface area contributed by atoms with Crippen LogP contribution in [0.4, 0.5) is 11.8 Å². The Bertz CT molecular complexity index is 337. The molecule has 1 aromatic heterocycles. The van der Waals surface area contributed by atoms with Gasteiger partial charge in [-0.15, -0.1) is 0 Å². The maximum absolute atomic E-state index is 5.51. The summed E-state index contributed by atoms with van der Waals surface area (Å²) in [6, 6.07) is 0. The van der Waals surface area contributed by atoms with Gasteiger partial charge in [-0.25, -0.2) is 4.98 Å². The van der Waals surface area contributed by atoms with E-state index in [0.29, 0.717) is 5.95 Å². The summed E-state index contributed by atoms with van der Waals surface area (Å²) in [4.78, 5) is 8.08. The summed E-state index contributed by atoms with van der Waals surface area (Å²) < 4.78 is 0. The Morgan fingerprint density at radius 2 is 2.36 bits per heavy atom. The van der Waals surface area contributed by atoms with E-state index in [1.807, 2.05) is 6.92 Å². The van der Waals surface area contributed by atoms with Crippen LogP contribution >= 0.6 is 0 Å². The number of anilines is 2. The molecule has 3 N–H and O–H groups in total. The number of hydrogen-bond donors (Lipinski definition) is 2. The van der Waals surface area contributed by atoms with Crippen molar-refractivity contribution in [3.63, 3.8) is 0 Å². The molecule has 2 rings (SSSR count). The second kappa shape index (κ2) is 3.44. The van der Waals surface area contributed by atoms with Crippen LogP contribution in [0.2, 0.25) is 0 Å². The van der Waals surface area contributed by atoms with Gasteiger partial charge in [0.1, 0.15) is 5.82 Å². The average molecular weight is 192 g/mol. The number of nitrogens with two attached hydrogens (primary N) is 1. The molecule has 1 aliphatic rings. The molecule has 0 aromatic carbocycles. The Hall–Kier alpha value is -1.32. The standard InChI is InChI=1S/C10H16N4/c1-6-3-8(6)5-12-9-7(2)4-13-10(11)14-9/h4,6,8H,3,5H2,1-2H3,(H3,11,12,13,14). The highest BCUT2D eigenvalue weighted by Gasteiger charge is 2.32. The van der Waals surface area contributed by atoms with Gasteiger partial charge in [-0.05, 0) is 25.2 Å². The molecule has 1 aliphatic carbocycles. The highest BCUT2D eigenvalue weighted by atomic mass is 15.1. The van der Waals surface area contributed by atoms with E-state index >= 15 is 0 Å². The SMILES string of the molecule is Cc1cnc(N)nc1NCC1CC1C. The first-order valence-electron chi connectivity index (χ1n) is 5.00. The fourth-order valence-electron chi connectivity index (χ4n) is 1.55. The summed E-state index contributed by atoms with van der Waals surface area (Å²) in [7, 11) is 0. The number of hydrogen-bond acceptors (Lipinski definition) is 4. The van der Waals surface area contributed by atoms with Gasteiger partial charge in [0.25, 0.3) is 0 Å². The lowest BCUT2D eigenvalue weighted by Gasteiger charge is -2.07. The molecular weight excluding hydrogens is 176 g/mol. The van der Waals surface area contributed by atoms with Crippen molar-refractivity contribution in [2.45, 2.75) is 20.3 Å². The molecule has 4 nitrogen and oxygen atoms in total. The Kier molecular flexibility index (Phi) is 2.27. The molecule has 0 radical (unpaired) electrons. The fraction of sp³-hybridized carbons (Fsp3) is 0.600. The highest BCUT2D eigenvalue weighted by molar-refractivity contribution is 5.45. The summed E-state index contributed by atoms with van der Waals surface area (Å²) in [6.07, 6.45) is 3.08. The van der Waals surface area contributed by atoms with Crippen LogP contribution in [0.3, 0.4) is 0 Å². The Labute approximate surface area is 83.9 Å². The van der Waals surface area contributed by atoms with Gasteiger partial charge in [0.2, 0.25) is 5.95 Å². The number of nitrogens with zero attached hydrogens (tertiary/aromatic N) is 2. The number of aromatic nitrogens is 2. The van der Waals surface area contributed by atoms with Crippen molar-refractivity contribution >= 4 is 11.8 Å². The largest absolute Gasteiger partial charge is 0.369 e. The van der Waals surface area contributed by atoms with E-state index in [1.54, 1.807) is 6.20 Å². The third-order valence-electron chi connectivity index (χ3n) is 2.80. The minimum absolute atomic E-state index is 0.335. The summed E-state index contributed by atoms with van der Waals surface area (Å²) in [5.41, 5.74) is 6.56. The predicted molar refractivity (Wildman–Crippen MR) is 56.9 cm³/mol. The van der Waals surface area contributed by atoms with Crippen LogP contribution < -0.4 is 11.1 Å². The molecule has 0 bridgehead atoms. The van der Waals surface area contributed by atoms with E-state index in [4.69, 9.17) is 5.73 Å². The highest BCUT2D eigenvalue weighted by Crippen LogP contribution is 2.37. The van der Waals surface area contributed by atoms with E-state index in [9.17, 15) is 0 Å². The molecule has 0 saturated heterocycles. The molecule has 0 amide bonds. The van der Waals surface area contributed by atoms with Crippen molar-refractivity contribution in [2.75, 3.05) is 17.6 Å². The van der Waals surface area contributed by atoms with Crippen LogP contribution in [0.25, 0.3) is 0 Å². The van der Waals surface area contributed by atoms with Crippen LogP contribution in [0.1, 0.15) is 18.9 Å². The third kappa shape index (κ3) is 1.95. The zero-order valence-electron chi connectivity index (χ0n) is 8.62. The van der Waals surface area contributed by atoms with Crippen molar-refractivity contribution < 1.29 is 0 Å². The summed E-state index contributed by atoms with van der Waals surface area (Å²) >= 11 is 0. The quantitative estimate of drug-likeness (QED) is 0.760. The lowest BCUT2D eigenvalue weighted by atomic mass is 10.3. The molecule has 4 heteroatoms. The number of rotatable bonds is 3. The average Bonchev–Trinajstić information content (AvgIpc) is 2.84. The first-order valence-corrected chi connectivity index (χ1v) is 5.00. The number of nitrogens with one attached hydrogen (secondary N) is 1. The van der Waals surface area contributed by atoms with Crippen LogP contribution in [0.15, 0.2) is 6.20 Å². The normalized spacial score (nSPS) is 24.7. The molecule has 0 spiro atoms. The monoisotopic (exact) mass is 192 g/mol. The minimum atomic E-state index is 0.335. The Morgan fingerprint density at radius 3 is 3.00 bits per heavy atom. The van der Waals surface area contributed by atoms with Gasteiger partial charge in [-0.1, -0.05) is 6.92 Å². The van der Waals surface area contributed by atoms with E-state index in [-0.39, 0.29) is 0 Å². The van der Waals surface area contributed by atoms with Crippen LogP contribution in [0, 0.1) is 18.8 Å². The van der Waals surface area contributed by atoms with E-state index in [2.05, 4.69) is 22.2 Å². The molecule has 76 valence electrons. The first kappa shape index (κ1) is 9.24. The van der Waals surface area contributed by atoms with Crippen molar-refractivity contribution in [2.24, 2.45) is 11.8 Å². The summed E-state index contributed by atoms with van der Waals surface area (Å²) in [5, 5.41) is 3.32. The van der Waals surface area contributed by atoms with Gasteiger partial charge >= 0.3 is 0 Å². The van der Waals surface area contributed by atoms with E-state index in [0.717, 1.165) is 29.8 Å². The maximum Gasteiger partial charge on any atom is 0.221 e. The van der Waals surface area contributed by atoms with Crippen molar-refractivity contribution in [1.82, 2.24) is 9.97 Å². The first-order chi connectivity index (χ1) is 6.66. The predicted octanol–water partition coefficient (Wildman–Crippen LogP) is 1.44. The van der Waals surface area contributed by atoms with Crippen LogP contribution in [-0.2, 0) is 0 Å². The fourth-order valence-corrected chi connectivity index (χ4v) is 1.55. The number of aryl methyl sites for hydroxylation is 1.